The largest absolute Gasteiger partial charge is 1.00 e. The van der Waals surface area contributed by atoms with Gasteiger partial charge in [0.05, 0.1) is 19.6 Å². The fourth-order valence-corrected chi connectivity index (χ4v) is 3.74. The van der Waals surface area contributed by atoms with E-state index in [-0.39, 0.29) is 12.4 Å². The summed E-state index contributed by atoms with van der Waals surface area (Å²) in [7, 11) is 0. The molecule has 0 bridgehead atoms. The lowest BCUT2D eigenvalue weighted by atomic mass is 10.0. The standard InChI is InChI=1S/C25H49N.ClH/c1-5-22-26(23-6-2)24-20-18-16-14-12-10-8-7-9-11-13-15-17-19-21-25(3)4;/h5-6,25H,1-2,7-24H2,3-4H3;1H. The molecule has 2 heteroatoms. The van der Waals surface area contributed by atoms with E-state index >= 15 is 0 Å². The Morgan fingerprint density at radius 2 is 0.926 bits per heavy atom. The summed E-state index contributed by atoms with van der Waals surface area (Å²) in [6.45, 7) is 15.8. The summed E-state index contributed by atoms with van der Waals surface area (Å²) in [5, 5.41) is 0. The van der Waals surface area contributed by atoms with Crippen LogP contribution in [0.1, 0.15) is 110 Å². The van der Waals surface area contributed by atoms with E-state index in [1.807, 2.05) is 12.2 Å². The molecule has 0 spiro atoms. The molecular weight excluding hydrogens is 350 g/mol. The molecule has 0 aliphatic heterocycles. The number of hydrogen-bond acceptors (Lipinski definition) is 0. The number of rotatable bonds is 21. The van der Waals surface area contributed by atoms with Crippen molar-refractivity contribution >= 4 is 0 Å². The van der Waals surface area contributed by atoms with Crippen molar-refractivity contribution in [2.24, 2.45) is 5.92 Å². The van der Waals surface area contributed by atoms with Crippen LogP contribution in [-0.4, -0.2) is 19.6 Å². The molecule has 0 aromatic carbocycles. The van der Waals surface area contributed by atoms with Gasteiger partial charge in [0.2, 0.25) is 0 Å². The van der Waals surface area contributed by atoms with Gasteiger partial charge < -0.3 is 17.3 Å². The molecule has 0 atom stereocenters. The van der Waals surface area contributed by atoms with Crippen LogP contribution in [0.4, 0.5) is 0 Å². The first-order valence-corrected chi connectivity index (χ1v) is 11.8. The highest BCUT2D eigenvalue weighted by Gasteiger charge is 2.03. The maximum Gasteiger partial charge on any atom is 0.0957 e. The number of hydrogen-bond donors (Lipinski definition) is 1. The molecular formula is C25H50ClN. The fraction of sp³-hybridized carbons (Fsp3) is 0.840. The molecule has 0 radical (unpaired) electrons. The molecule has 0 aliphatic rings. The topological polar surface area (TPSA) is 4.44 Å². The summed E-state index contributed by atoms with van der Waals surface area (Å²) in [6.07, 6.45) is 25.7. The van der Waals surface area contributed by atoms with Crippen LogP contribution >= 0.6 is 0 Å². The second kappa shape index (κ2) is 23.8. The predicted molar refractivity (Wildman–Crippen MR) is 120 cm³/mol. The second-order valence-corrected chi connectivity index (χ2v) is 8.62. The lowest BCUT2D eigenvalue weighted by Gasteiger charge is -2.15. The average Bonchev–Trinajstić information content (AvgIpc) is 2.61. The molecule has 162 valence electrons. The van der Waals surface area contributed by atoms with Gasteiger partial charge in [-0.1, -0.05) is 110 Å². The Hall–Kier alpha value is -0.270. The minimum atomic E-state index is 0. The van der Waals surface area contributed by atoms with Crippen molar-refractivity contribution in [3.63, 3.8) is 0 Å². The van der Waals surface area contributed by atoms with Gasteiger partial charge in [0.15, 0.2) is 0 Å². The Balaban J connectivity index is 0. The minimum Gasteiger partial charge on any atom is -1.00 e. The Labute approximate surface area is 178 Å². The van der Waals surface area contributed by atoms with Crippen molar-refractivity contribution in [1.82, 2.24) is 0 Å². The molecule has 0 heterocycles. The maximum atomic E-state index is 3.85. The monoisotopic (exact) mass is 399 g/mol. The van der Waals surface area contributed by atoms with E-state index in [0.717, 1.165) is 19.0 Å². The van der Waals surface area contributed by atoms with Crippen LogP contribution in [0.3, 0.4) is 0 Å². The Kier molecular flexibility index (Phi) is 25.5. The van der Waals surface area contributed by atoms with Gasteiger partial charge in [0.25, 0.3) is 0 Å². The molecule has 1 N–H and O–H groups in total. The van der Waals surface area contributed by atoms with Crippen molar-refractivity contribution in [2.75, 3.05) is 19.6 Å². The molecule has 0 amide bonds. The maximum absolute atomic E-state index is 3.85. The highest BCUT2D eigenvalue weighted by atomic mass is 35.5. The van der Waals surface area contributed by atoms with Crippen molar-refractivity contribution in [3.05, 3.63) is 25.3 Å². The van der Waals surface area contributed by atoms with Crippen LogP contribution in [0.15, 0.2) is 25.3 Å². The van der Waals surface area contributed by atoms with Crippen LogP contribution in [0.25, 0.3) is 0 Å². The van der Waals surface area contributed by atoms with Crippen molar-refractivity contribution < 1.29 is 17.3 Å². The quantitative estimate of drug-likeness (QED) is 0.221. The van der Waals surface area contributed by atoms with E-state index in [1.54, 1.807) is 4.90 Å². The second-order valence-electron chi connectivity index (χ2n) is 8.62. The van der Waals surface area contributed by atoms with Gasteiger partial charge in [-0.3, -0.25) is 0 Å². The van der Waals surface area contributed by atoms with Gasteiger partial charge in [0, 0.05) is 0 Å². The Morgan fingerprint density at radius 1 is 0.593 bits per heavy atom. The summed E-state index contributed by atoms with van der Waals surface area (Å²) in [4.78, 5) is 1.61. The highest BCUT2D eigenvalue weighted by molar-refractivity contribution is 4.67. The number of unbranched alkanes of at least 4 members (excludes halogenated alkanes) is 13. The van der Waals surface area contributed by atoms with E-state index in [9.17, 15) is 0 Å². The van der Waals surface area contributed by atoms with Gasteiger partial charge in [-0.2, -0.15) is 0 Å². The van der Waals surface area contributed by atoms with E-state index in [1.165, 1.54) is 103 Å². The number of quaternary nitrogens is 1. The highest BCUT2D eigenvalue weighted by Crippen LogP contribution is 2.14. The molecule has 0 saturated heterocycles. The third-order valence-electron chi connectivity index (χ3n) is 5.43. The molecule has 0 rings (SSSR count). The molecule has 0 unspecified atom stereocenters. The number of nitrogens with one attached hydrogen (secondary N) is 1. The number of halogens is 1. The summed E-state index contributed by atoms with van der Waals surface area (Å²) >= 11 is 0. The van der Waals surface area contributed by atoms with E-state index in [2.05, 4.69) is 27.0 Å². The van der Waals surface area contributed by atoms with Crippen molar-refractivity contribution in [1.29, 1.82) is 0 Å². The van der Waals surface area contributed by atoms with Crippen LogP contribution in [-0.2, 0) is 0 Å². The summed E-state index contributed by atoms with van der Waals surface area (Å²) in [5.74, 6) is 0.889. The lowest BCUT2D eigenvalue weighted by molar-refractivity contribution is -0.888. The minimum absolute atomic E-state index is 0. The van der Waals surface area contributed by atoms with E-state index < -0.39 is 0 Å². The zero-order valence-electron chi connectivity index (χ0n) is 18.8. The molecule has 0 saturated carbocycles. The first kappa shape index (κ1) is 28.9. The Morgan fingerprint density at radius 3 is 1.26 bits per heavy atom. The summed E-state index contributed by atoms with van der Waals surface area (Å²) < 4.78 is 0. The van der Waals surface area contributed by atoms with Crippen LogP contribution < -0.4 is 17.3 Å². The van der Waals surface area contributed by atoms with Gasteiger partial charge >= 0.3 is 0 Å². The lowest BCUT2D eigenvalue weighted by Crippen LogP contribution is -3.11. The van der Waals surface area contributed by atoms with Crippen molar-refractivity contribution in [2.45, 2.75) is 110 Å². The van der Waals surface area contributed by atoms with Gasteiger partial charge in [-0.15, -0.1) is 0 Å². The average molecular weight is 400 g/mol. The zero-order chi connectivity index (χ0) is 19.3. The van der Waals surface area contributed by atoms with Crippen LogP contribution in [0, 0.1) is 5.92 Å². The summed E-state index contributed by atoms with van der Waals surface area (Å²) in [6, 6.07) is 0. The smallest absolute Gasteiger partial charge is 0.0957 e. The van der Waals surface area contributed by atoms with Gasteiger partial charge in [-0.25, -0.2) is 0 Å². The molecule has 27 heavy (non-hydrogen) atoms. The van der Waals surface area contributed by atoms with Crippen LogP contribution in [0.5, 0.6) is 0 Å². The molecule has 1 nitrogen and oxygen atoms in total. The SMILES string of the molecule is C=CC[NH+](CC=C)CCCCCCCCCCCCCCCCC(C)C.[Cl-]. The first-order chi connectivity index (χ1) is 12.7. The normalized spacial score (nSPS) is 11.0. The molecule has 0 aromatic rings. The zero-order valence-corrected chi connectivity index (χ0v) is 19.5. The summed E-state index contributed by atoms with van der Waals surface area (Å²) in [5.41, 5.74) is 0. The van der Waals surface area contributed by atoms with Gasteiger partial charge in [-0.05, 0) is 30.9 Å². The predicted octanol–water partition coefficient (Wildman–Crippen LogP) is 3.75. The van der Waals surface area contributed by atoms with E-state index in [0.29, 0.717) is 0 Å². The third-order valence-corrected chi connectivity index (χ3v) is 5.43. The Bertz CT molecular complexity index is 291. The first-order valence-electron chi connectivity index (χ1n) is 11.8. The molecule has 0 fully saturated rings. The van der Waals surface area contributed by atoms with E-state index in [4.69, 9.17) is 0 Å². The fourth-order valence-electron chi connectivity index (χ4n) is 3.74. The van der Waals surface area contributed by atoms with Crippen molar-refractivity contribution in [3.8, 4) is 0 Å². The van der Waals surface area contributed by atoms with Gasteiger partial charge in [0.1, 0.15) is 0 Å². The van der Waals surface area contributed by atoms with Crippen LogP contribution in [0.2, 0.25) is 0 Å². The third kappa shape index (κ3) is 23.7. The molecule has 0 aromatic heterocycles. The molecule has 0 aliphatic carbocycles.